The van der Waals surface area contributed by atoms with Crippen LogP contribution in [0, 0.1) is 6.92 Å². The molecular formula is C20H22BrNO3. The maximum atomic E-state index is 12.0. The lowest BCUT2D eigenvalue weighted by molar-refractivity contribution is -0.118. The first-order valence-electron chi connectivity index (χ1n) is 8.56. The molecule has 0 radical (unpaired) electrons. The van der Waals surface area contributed by atoms with Gasteiger partial charge in [0.05, 0.1) is 6.10 Å². The van der Waals surface area contributed by atoms with Crippen LogP contribution in [0.25, 0.3) is 0 Å². The summed E-state index contributed by atoms with van der Waals surface area (Å²) in [6.45, 7) is 1.95. The number of ether oxygens (including phenoxy) is 2. The lowest BCUT2D eigenvalue weighted by Gasteiger charge is -2.13. The fraction of sp³-hybridized carbons (Fsp3) is 0.350. The van der Waals surface area contributed by atoms with Gasteiger partial charge in [-0.1, -0.05) is 15.9 Å². The molecule has 0 heterocycles. The van der Waals surface area contributed by atoms with Gasteiger partial charge in [-0.15, -0.1) is 0 Å². The van der Waals surface area contributed by atoms with Gasteiger partial charge in [-0.05, 0) is 80.6 Å². The number of rotatable bonds is 6. The second-order valence-corrected chi connectivity index (χ2v) is 7.15. The second-order valence-electron chi connectivity index (χ2n) is 6.30. The summed E-state index contributed by atoms with van der Waals surface area (Å²) >= 11 is 3.44. The molecule has 1 aliphatic carbocycles. The van der Waals surface area contributed by atoms with Crippen molar-refractivity contribution >= 4 is 27.5 Å². The van der Waals surface area contributed by atoms with E-state index >= 15 is 0 Å². The van der Waals surface area contributed by atoms with Crippen molar-refractivity contribution in [2.75, 3.05) is 11.9 Å². The molecule has 0 spiro atoms. The van der Waals surface area contributed by atoms with E-state index in [1.807, 2.05) is 49.4 Å². The van der Waals surface area contributed by atoms with Crippen LogP contribution in [0.1, 0.15) is 31.2 Å². The highest BCUT2D eigenvalue weighted by molar-refractivity contribution is 9.10. The highest BCUT2D eigenvalue weighted by atomic mass is 79.9. The smallest absolute Gasteiger partial charge is 0.262 e. The summed E-state index contributed by atoms with van der Waals surface area (Å²) in [5.41, 5.74) is 1.80. The minimum atomic E-state index is -0.190. The number of aryl methyl sites for hydroxylation is 1. The molecule has 132 valence electrons. The van der Waals surface area contributed by atoms with Crippen LogP contribution in [0.15, 0.2) is 46.9 Å². The lowest BCUT2D eigenvalue weighted by atomic mass is 10.2. The third-order valence-corrected chi connectivity index (χ3v) is 5.13. The highest BCUT2D eigenvalue weighted by Gasteiger charge is 2.16. The summed E-state index contributed by atoms with van der Waals surface area (Å²) < 4.78 is 12.5. The molecule has 1 N–H and O–H groups in total. The summed E-state index contributed by atoms with van der Waals surface area (Å²) in [4.78, 5) is 12.0. The monoisotopic (exact) mass is 403 g/mol. The molecule has 1 saturated carbocycles. The van der Waals surface area contributed by atoms with Crippen LogP contribution in [-0.4, -0.2) is 18.6 Å². The first-order chi connectivity index (χ1) is 12.1. The first kappa shape index (κ1) is 17.8. The van der Waals surface area contributed by atoms with Crippen molar-refractivity contribution in [2.24, 2.45) is 0 Å². The molecule has 2 aromatic carbocycles. The Morgan fingerprint density at radius 3 is 2.48 bits per heavy atom. The summed E-state index contributed by atoms with van der Waals surface area (Å²) in [6.07, 6.45) is 5.09. The highest BCUT2D eigenvalue weighted by Crippen LogP contribution is 2.25. The van der Waals surface area contributed by atoms with Gasteiger partial charge in [0, 0.05) is 10.2 Å². The average Bonchev–Trinajstić information content (AvgIpc) is 3.11. The largest absolute Gasteiger partial charge is 0.490 e. The molecule has 25 heavy (non-hydrogen) atoms. The van der Waals surface area contributed by atoms with E-state index in [9.17, 15) is 4.79 Å². The van der Waals surface area contributed by atoms with Gasteiger partial charge in [0.25, 0.3) is 5.91 Å². The van der Waals surface area contributed by atoms with Gasteiger partial charge in [0.15, 0.2) is 6.61 Å². The van der Waals surface area contributed by atoms with Crippen molar-refractivity contribution in [1.29, 1.82) is 0 Å². The molecule has 1 aliphatic rings. The van der Waals surface area contributed by atoms with Crippen LogP contribution in [0.2, 0.25) is 0 Å². The first-order valence-corrected chi connectivity index (χ1v) is 9.35. The topological polar surface area (TPSA) is 47.6 Å². The molecule has 0 aliphatic heterocycles. The molecule has 3 rings (SSSR count). The van der Waals surface area contributed by atoms with E-state index in [2.05, 4.69) is 21.2 Å². The molecule has 2 aromatic rings. The zero-order valence-corrected chi connectivity index (χ0v) is 15.8. The van der Waals surface area contributed by atoms with E-state index in [0.29, 0.717) is 11.9 Å². The van der Waals surface area contributed by atoms with Crippen LogP contribution in [-0.2, 0) is 4.79 Å². The molecule has 0 atom stereocenters. The Hall–Kier alpha value is -2.01. The van der Waals surface area contributed by atoms with Crippen molar-refractivity contribution in [2.45, 2.75) is 38.7 Å². The van der Waals surface area contributed by atoms with Crippen molar-refractivity contribution in [3.63, 3.8) is 0 Å². The van der Waals surface area contributed by atoms with E-state index in [1.165, 1.54) is 12.8 Å². The Morgan fingerprint density at radius 1 is 1.12 bits per heavy atom. The number of amides is 1. The summed E-state index contributed by atoms with van der Waals surface area (Å²) in [5.74, 6) is 1.34. The molecule has 0 bridgehead atoms. The van der Waals surface area contributed by atoms with Gasteiger partial charge in [0.2, 0.25) is 0 Å². The zero-order chi connectivity index (χ0) is 17.6. The average molecular weight is 404 g/mol. The Morgan fingerprint density at radius 2 is 1.80 bits per heavy atom. The van der Waals surface area contributed by atoms with Gasteiger partial charge < -0.3 is 14.8 Å². The minimum absolute atomic E-state index is 0.0264. The maximum absolute atomic E-state index is 12.0. The van der Waals surface area contributed by atoms with Crippen LogP contribution >= 0.6 is 15.9 Å². The molecule has 4 nitrogen and oxygen atoms in total. The minimum Gasteiger partial charge on any atom is -0.490 e. The predicted octanol–water partition coefficient (Wildman–Crippen LogP) is 5.10. The van der Waals surface area contributed by atoms with E-state index < -0.39 is 0 Å². The molecule has 0 unspecified atom stereocenters. The number of benzene rings is 2. The summed E-state index contributed by atoms with van der Waals surface area (Å²) in [6, 6.07) is 13.1. The van der Waals surface area contributed by atoms with E-state index in [0.717, 1.165) is 34.3 Å². The van der Waals surface area contributed by atoms with Gasteiger partial charge in [-0.25, -0.2) is 0 Å². The van der Waals surface area contributed by atoms with Crippen molar-refractivity contribution < 1.29 is 14.3 Å². The van der Waals surface area contributed by atoms with Gasteiger partial charge in [0.1, 0.15) is 11.5 Å². The third-order valence-electron chi connectivity index (χ3n) is 4.24. The standard InChI is InChI=1S/C20H22BrNO3/c1-14-12-18(10-11-19(14)21)24-13-20(23)22-15-6-8-17(9-7-15)25-16-4-2-3-5-16/h6-12,16H,2-5,13H2,1H3,(H,22,23). The van der Waals surface area contributed by atoms with Gasteiger partial charge in [-0.3, -0.25) is 4.79 Å². The molecule has 0 saturated heterocycles. The van der Waals surface area contributed by atoms with Crippen LogP contribution < -0.4 is 14.8 Å². The van der Waals surface area contributed by atoms with Crippen LogP contribution in [0.3, 0.4) is 0 Å². The number of nitrogens with one attached hydrogen (secondary N) is 1. The Balaban J connectivity index is 1.47. The Labute approximate surface area is 156 Å². The van der Waals surface area contributed by atoms with Crippen LogP contribution in [0.4, 0.5) is 5.69 Å². The van der Waals surface area contributed by atoms with Gasteiger partial charge >= 0.3 is 0 Å². The SMILES string of the molecule is Cc1cc(OCC(=O)Nc2ccc(OC3CCCC3)cc2)ccc1Br. The zero-order valence-electron chi connectivity index (χ0n) is 14.3. The Bertz CT molecular complexity index is 724. The van der Waals surface area contributed by atoms with Gasteiger partial charge in [-0.2, -0.15) is 0 Å². The maximum Gasteiger partial charge on any atom is 0.262 e. The number of halogens is 1. The quantitative estimate of drug-likeness (QED) is 0.729. The molecule has 0 aromatic heterocycles. The summed E-state index contributed by atoms with van der Waals surface area (Å²) in [7, 11) is 0. The fourth-order valence-electron chi connectivity index (χ4n) is 2.87. The number of hydrogen-bond donors (Lipinski definition) is 1. The number of hydrogen-bond acceptors (Lipinski definition) is 3. The van der Waals surface area contributed by atoms with Crippen LogP contribution in [0.5, 0.6) is 11.5 Å². The van der Waals surface area contributed by atoms with Crippen molar-refractivity contribution in [1.82, 2.24) is 0 Å². The van der Waals surface area contributed by atoms with E-state index in [1.54, 1.807) is 0 Å². The van der Waals surface area contributed by atoms with Crippen molar-refractivity contribution in [3.05, 3.63) is 52.5 Å². The number of carbonyl (C=O) groups is 1. The number of anilines is 1. The predicted molar refractivity (Wildman–Crippen MR) is 102 cm³/mol. The Kier molecular flexibility index (Phi) is 5.97. The van der Waals surface area contributed by atoms with Crippen molar-refractivity contribution in [3.8, 4) is 11.5 Å². The summed E-state index contributed by atoms with van der Waals surface area (Å²) in [5, 5.41) is 2.83. The van der Waals surface area contributed by atoms with E-state index in [4.69, 9.17) is 9.47 Å². The molecular weight excluding hydrogens is 382 g/mol. The fourth-order valence-corrected chi connectivity index (χ4v) is 3.12. The molecule has 5 heteroatoms. The molecule has 1 amide bonds. The van der Waals surface area contributed by atoms with E-state index in [-0.39, 0.29) is 12.5 Å². The lowest BCUT2D eigenvalue weighted by Crippen LogP contribution is -2.20. The second kappa shape index (κ2) is 8.39. The third kappa shape index (κ3) is 5.23. The molecule has 1 fully saturated rings. The normalized spacial score (nSPS) is 14.3. The number of carbonyl (C=O) groups excluding carboxylic acids is 1.